The molecule has 1 aliphatic heterocycles. The van der Waals surface area contributed by atoms with Gasteiger partial charge in [-0.15, -0.1) is 0 Å². The summed E-state index contributed by atoms with van der Waals surface area (Å²) < 4.78 is 10.4. The first-order valence-electron chi connectivity index (χ1n) is 9.59. The number of hydrogen-bond acceptors (Lipinski definition) is 6. The quantitative estimate of drug-likeness (QED) is 0.430. The molecule has 2 aromatic rings. The standard InChI is InChI=1S/C23H26N2O5/c1-24(2)12-13-25-20(15-8-10-17(29-3)11-9-15)19(22(27)23(25)28)21(26)16-6-5-7-18(14-16)30-4/h5-11,14,20,26H,12-13H2,1-4H3/b21-19+/t20-/m1/s1. The number of aliphatic hydroxyl groups is 1. The minimum Gasteiger partial charge on any atom is -0.507 e. The van der Waals surface area contributed by atoms with Crippen LogP contribution in [-0.4, -0.2) is 68.0 Å². The molecule has 1 aliphatic rings. The number of Topliss-reactive ketones (excluding diaryl/α,β-unsaturated/α-hetero) is 1. The Labute approximate surface area is 176 Å². The highest BCUT2D eigenvalue weighted by Crippen LogP contribution is 2.40. The van der Waals surface area contributed by atoms with E-state index in [1.165, 1.54) is 12.0 Å². The van der Waals surface area contributed by atoms with Crippen LogP contribution in [0.25, 0.3) is 5.76 Å². The number of benzene rings is 2. The predicted molar refractivity (Wildman–Crippen MR) is 114 cm³/mol. The first kappa shape index (κ1) is 21.4. The van der Waals surface area contributed by atoms with E-state index >= 15 is 0 Å². The summed E-state index contributed by atoms with van der Waals surface area (Å²) in [4.78, 5) is 29.3. The summed E-state index contributed by atoms with van der Waals surface area (Å²) >= 11 is 0. The van der Waals surface area contributed by atoms with Crippen molar-refractivity contribution < 1.29 is 24.2 Å². The third kappa shape index (κ3) is 4.16. The zero-order valence-corrected chi connectivity index (χ0v) is 17.6. The number of nitrogens with zero attached hydrogens (tertiary/aromatic N) is 2. The Hall–Kier alpha value is -3.32. The summed E-state index contributed by atoms with van der Waals surface area (Å²) in [5.41, 5.74) is 1.20. The van der Waals surface area contributed by atoms with E-state index in [0.717, 1.165) is 5.56 Å². The highest BCUT2D eigenvalue weighted by atomic mass is 16.5. The van der Waals surface area contributed by atoms with Crippen LogP contribution in [0.15, 0.2) is 54.1 Å². The zero-order chi connectivity index (χ0) is 21.8. The maximum Gasteiger partial charge on any atom is 0.295 e. The maximum absolute atomic E-state index is 13.0. The molecular weight excluding hydrogens is 384 g/mol. The van der Waals surface area contributed by atoms with Crippen LogP contribution in [0.3, 0.4) is 0 Å². The number of carbonyl (C=O) groups excluding carboxylic acids is 2. The summed E-state index contributed by atoms with van der Waals surface area (Å²) in [7, 11) is 6.89. The van der Waals surface area contributed by atoms with Crippen LogP contribution in [0.4, 0.5) is 0 Å². The van der Waals surface area contributed by atoms with Crippen molar-refractivity contribution in [3.63, 3.8) is 0 Å². The molecule has 7 heteroatoms. The Kier molecular flexibility index (Phi) is 6.42. The second kappa shape index (κ2) is 9.00. The SMILES string of the molecule is COc1ccc([C@@H]2/C(=C(\O)c3cccc(OC)c3)C(=O)C(=O)N2CCN(C)C)cc1. The van der Waals surface area contributed by atoms with Crippen molar-refractivity contribution in [2.45, 2.75) is 6.04 Å². The molecule has 158 valence electrons. The molecular formula is C23H26N2O5. The summed E-state index contributed by atoms with van der Waals surface area (Å²) in [6, 6.07) is 13.2. The fourth-order valence-electron chi connectivity index (χ4n) is 3.48. The van der Waals surface area contributed by atoms with Gasteiger partial charge < -0.3 is 24.4 Å². The van der Waals surface area contributed by atoms with E-state index in [2.05, 4.69) is 0 Å². The first-order valence-corrected chi connectivity index (χ1v) is 9.59. The number of aliphatic hydroxyl groups excluding tert-OH is 1. The third-order valence-electron chi connectivity index (χ3n) is 5.10. The lowest BCUT2D eigenvalue weighted by atomic mass is 9.95. The molecule has 0 unspecified atom stereocenters. The topological polar surface area (TPSA) is 79.3 Å². The molecule has 0 radical (unpaired) electrons. The molecule has 0 bridgehead atoms. The monoisotopic (exact) mass is 410 g/mol. The largest absolute Gasteiger partial charge is 0.507 e. The zero-order valence-electron chi connectivity index (χ0n) is 17.6. The summed E-state index contributed by atoms with van der Waals surface area (Å²) in [6.07, 6.45) is 0. The van der Waals surface area contributed by atoms with Gasteiger partial charge in [0.05, 0.1) is 25.8 Å². The molecule has 0 aromatic heterocycles. The Morgan fingerprint density at radius 3 is 2.30 bits per heavy atom. The Morgan fingerprint density at radius 2 is 1.70 bits per heavy atom. The number of carbonyl (C=O) groups is 2. The molecule has 3 rings (SSSR count). The van der Waals surface area contributed by atoms with Crippen LogP contribution < -0.4 is 9.47 Å². The lowest BCUT2D eigenvalue weighted by molar-refractivity contribution is -0.140. The minimum absolute atomic E-state index is 0.0668. The van der Waals surface area contributed by atoms with Crippen LogP contribution in [0.5, 0.6) is 11.5 Å². The van der Waals surface area contributed by atoms with Crippen LogP contribution in [-0.2, 0) is 9.59 Å². The van der Waals surface area contributed by atoms with Crippen molar-refractivity contribution in [1.82, 2.24) is 9.80 Å². The van der Waals surface area contributed by atoms with Gasteiger partial charge >= 0.3 is 0 Å². The Bertz CT molecular complexity index is 966. The Morgan fingerprint density at radius 1 is 1.03 bits per heavy atom. The number of ketones is 1. The summed E-state index contributed by atoms with van der Waals surface area (Å²) in [6.45, 7) is 0.933. The van der Waals surface area contributed by atoms with Crippen LogP contribution in [0, 0.1) is 0 Å². The van der Waals surface area contributed by atoms with Gasteiger partial charge in [-0.2, -0.15) is 0 Å². The van der Waals surface area contributed by atoms with E-state index in [9.17, 15) is 14.7 Å². The highest BCUT2D eigenvalue weighted by molar-refractivity contribution is 6.46. The van der Waals surface area contributed by atoms with Gasteiger partial charge in [-0.05, 0) is 43.9 Å². The number of likely N-dealkylation sites (N-methyl/N-ethyl adjacent to an activating group) is 1. The molecule has 7 nitrogen and oxygen atoms in total. The van der Waals surface area contributed by atoms with Gasteiger partial charge in [0.2, 0.25) is 0 Å². The van der Waals surface area contributed by atoms with Crippen LogP contribution >= 0.6 is 0 Å². The van der Waals surface area contributed by atoms with E-state index in [4.69, 9.17) is 9.47 Å². The number of hydrogen-bond donors (Lipinski definition) is 1. The van der Waals surface area contributed by atoms with E-state index in [1.807, 2.05) is 19.0 Å². The summed E-state index contributed by atoms with van der Waals surface area (Å²) in [5, 5.41) is 11.0. The van der Waals surface area contributed by atoms with Crippen molar-refractivity contribution in [2.75, 3.05) is 41.4 Å². The average molecular weight is 410 g/mol. The fourth-order valence-corrected chi connectivity index (χ4v) is 3.48. The molecule has 1 N–H and O–H groups in total. The van der Waals surface area contributed by atoms with E-state index in [1.54, 1.807) is 55.6 Å². The third-order valence-corrected chi connectivity index (χ3v) is 5.10. The molecule has 1 amide bonds. The van der Waals surface area contributed by atoms with Crippen molar-refractivity contribution in [3.05, 3.63) is 65.2 Å². The normalized spacial score (nSPS) is 18.2. The second-order valence-corrected chi connectivity index (χ2v) is 7.30. The molecule has 1 fully saturated rings. The molecule has 30 heavy (non-hydrogen) atoms. The summed E-state index contributed by atoms with van der Waals surface area (Å²) in [5.74, 6) is -0.337. The highest BCUT2D eigenvalue weighted by Gasteiger charge is 2.45. The van der Waals surface area contributed by atoms with Gasteiger partial charge in [0.1, 0.15) is 17.3 Å². The molecule has 1 atom stereocenters. The molecule has 0 aliphatic carbocycles. The van der Waals surface area contributed by atoms with Crippen molar-refractivity contribution >= 4 is 17.4 Å². The minimum atomic E-state index is -0.699. The molecule has 0 spiro atoms. The van der Waals surface area contributed by atoms with Gasteiger partial charge in [0.25, 0.3) is 11.7 Å². The fraction of sp³-hybridized carbons (Fsp3) is 0.304. The van der Waals surface area contributed by atoms with Gasteiger partial charge in [0, 0.05) is 18.7 Å². The average Bonchev–Trinajstić information content (AvgIpc) is 3.02. The lowest BCUT2D eigenvalue weighted by Crippen LogP contribution is -2.35. The van der Waals surface area contributed by atoms with E-state index in [-0.39, 0.29) is 11.3 Å². The first-order chi connectivity index (χ1) is 14.4. The van der Waals surface area contributed by atoms with Crippen LogP contribution in [0.1, 0.15) is 17.2 Å². The smallest absolute Gasteiger partial charge is 0.295 e. The lowest BCUT2D eigenvalue weighted by Gasteiger charge is -2.26. The van der Waals surface area contributed by atoms with Gasteiger partial charge in [-0.3, -0.25) is 9.59 Å². The number of likely N-dealkylation sites (tertiary alicyclic amines) is 1. The molecule has 1 saturated heterocycles. The number of amides is 1. The van der Waals surface area contributed by atoms with E-state index in [0.29, 0.717) is 30.2 Å². The number of rotatable bonds is 7. The van der Waals surface area contributed by atoms with Crippen LogP contribution in [0.2, 0.25) is 0 Å². The second-order valence-electron chi connectivity index (χ2n) is 7.30. The van der Waals surface area contributed by atoms with Gasteiger partial charge in [-0.25, -0.2) is 0 Å². The van der Waals surface area contributed by atoms with Crippen molar-refractivity contribution in [2.24, 2.45) is 0 Å². The number of ether oxygens (including phenoxy) is 2. The molecule has 2 aromatic carbocycles. The number of methoxy groups -OCH3 is 2. The van der Waals surface area contributed by atoms with E-state index < -0.39 is 17.7 Å². The van der Waals surface area contributed by atoms with Gasteiger partial charge in [-0.1, -0.05) is 24.3 Å². The molecule has 0 saturated carbocycles. The maximum atomic E-state index is 13.0. The van der Waals surface area contributed by atoms with Crippen molar-refractivity contribution in [3.8, 4) is 11.5 Å². The molecule has 1 heterocycles. The van der Waals surface area contributed by atoms with Crippen molar-refractivity contribution in [1.29, 1.82) is 0 Å². The Balaban J connectivity index is 2.13. The predicted octanol–water partition coefficient (Wildman–Crippen LogP) is 2.69. The van der Waals surface area contributed by atoms with Gasteiger partial charge in [0.15, 0.2) is 0 Å².